The molecule has 0 spiro atoms. The number of hydrogen-bond acceptors (Lipinski definition) is 6. The largest absolute Gasteiger partial charge is 0.455 e. The lowest BCUT2D eigenvalue weighted by molar-refractivity contribution is -0.384. The van der Waals surface area contributed by atoms with Crippen molar-refractivity contribution in [2.75, 3.05) is 11.9 Å². The second-order valence-corrected chi connectivity index (χ2v) is 7.55. The third-order valence-electron chi connectivity index (χ3n) is 4.70. The van der Waals surface area contributed by atoms with Crippen molar-refractivity contribution < 1.29 is 24.0 Å². The standard InChI is InChI=1S/C24H20ClN3O6/c25-19-12-11-18(13-21(19)28(32)33)26-22(29)15-34-23(30)14-20(16-7-3-1-4-8-16)27-24(31)17-9-5-2-6-10-17/h1-13,20H,14-15H2,(H,26,29)(H,27,31)/t20-/m0/s1. The van der Waals surface area contributed by atoms with Crippen LogP contribution in [0.1, 0.15) is 28.4 Å². The van der Waals surface area contributed by atoms with Crippen LogP contribution >= 0.6 is 11.6 Å². The third kappa shape index (κ3) is 6.88. The maximum Gasteiger partial charge on any atom is 0.308 e. The molecule has 0 bridgehead atoms. The zero-order chi connectivity index (χ0) is 24.5. The summed E-state index contributed by atoms with van der Waals surface area (Å²) in [5.74, 6) is -1.75. The molecular weight excluding hydrogens is 462 g/mol. The van der Waals surface area contributed by atoms with Crippen molar-refractivity contribution in [3.05, 3.63) is 105 Å². The van der Waals surface area contributed by atoms with Crippen molar-refractivity contribution in [3.63, 3.8) is 0 Å². The number of carbonyl (C=O) groups is 3. The summed E-state index contributed by atoms with van der Waals surface area (Å²) in [5, 5.41) is 16.1. The molecule has 0 aliphatic heterocycles. The van der Waals surface area contributed by atoms with Gasteiger partial charge in [-0.2, -0.15) is 0 Å². The molecule has 0 saturated heterocycles. The fourth-order valence-corrected chi connectivity index (χ4v) is 3.25. The summed E-state index contributed by atoms with van der Waals surface area (Å²) in [6.07, 6.45) is -0.206. The van der Waals surface area contributed by atoms with Gasteiger partial charge in [0.15, 0.2) is 6.61 Å². The van der Waals surface area contributed by atoms with Crippen molar-refractivity contribution in [3.8, 4) is 0 Å². The highest BCUT2D eigenvalue weighted by Crippen LogP contribution is 2.27. The summed E-state index contributed by atoms with van der Waals surface area (Å²) < 4.78 is 5.05. The fourth-order valence-electron chi connectivity index (χ4n) is 3.07. The van der Waals surface area contributed by atoms with Gasteiger partial charge in [0.05, 0.1) is 17.4 Å². The van der Waals surface area contributed by atoms with Crippen LogP contribution in [0.15, 0.2) is 78.9 Å². The Labute approximate surface area is 199 Å². The van der Waals surface area contributed by atoms with Crippen LogP contribution in [-0.4, -0.2) is 29.3 Å². The van der Waals surface area contributed by atoms with Crippen LogP contribution in [0.3, 0.4) is 0 Å². The van der Waals surface area contributed by atoms with E-state index in [1.54, 1.807) is 54.6 Å². The van der Waals surface area contributed by atoms with Crippen LogP contribution in [0.25, 0.3) is 0 Å². The number of anilines is 1. The zero-order valence-corrected chi connectivity index (χ0v) is 18.5. The SMILES string of the molecule is O=C(COC(=O)C[C@H](NC(=O)c1ccccc1)c1ccccc1)Nc1ccc(Cl)c([N+](=O)[O-])c1. The van der Waals surface area contributed by atoms with Gasteiger partial charge in [0.2, 0.25) is 0 Å². The fraction of sp³-hybridized carbons (Fsp3) is 0.125. The number of nitrogens with zero attached hydrogens (tertiary/aromatic N) is 1. The molecule has 0 unspecified atom stereocenters. The third-order valence-corrected chi connectivity index (χ3v) is 5.02. The number of nitro benzene ring substituents is 1. The molecule has 1 atom stereocenters. The molecule has 0 fully saturated rings. The first-order valence-electron chi connectivity index (χ1n) is 10.1. The topological polar surface area (TPSA) is 128 Å². The normalized spacial score (nSPS) is 11.2. The average Bonchev–Trinajstić information content (AvgIpc) is 2.84. The number of nitrogens with one attached hydrogen (secondary N) is 2. The highest BCUT2D eigenvalue weighted by atomic mass is 35.5. The van der Waals surface area contributed by atoms with E-state index >= 15 is 0 Å². The number of esters is 1. The lowest BCUT2D eigenvalue weighted by Gasteiger charge is -2.19. The number of hydrogen-bond donors (Lipinski definition) is 2. The second-order valence-electron chi connectivity index (χ2n) is 7.14. The molecule has 3 rings (SSSR count). The first-order valence-corrected chi connectivity index (χ1v) is 10.5. The molecule has 34 heavy (non-hydrogen) atoms. The van der Waals surface area contributed by atoms with Crippen LogP contribution in [-0.2, 0) is 14.3 Å². The predicted molar refractivity (Wildman–Crippen MR) is 125 cm³/mol. The molecule has 10 heteroatoms. The number of ether oxygens (including phenoxy) is 1. The molecule has 2 N–H and O–H groups in total. The van der Waals surface area contributed by atoms with E-state index in [0.717, 1.165) is 6.07 Å². The van der Waals surface area contributed by atoms with E-state index in [1.165, 1.54) is 12.1 Å². The Morgan fingerprint density at radius 3 is 2.26 bits per heavy atom. The molecule has 0 saturated carbocycles. The Morgan fingerprint density at radius 2 is 1.62 bits per heavy atom. The van der Waals surface area contributed by atoms with Crippen molar-refractivity contribution in [1.29, 1.82) is 0 Å². The summed E-state index contributed by atoms with van der Waals surface area (Å²) in [6.45, 7) is -0.608. The number of rotatable bonds is 9. The molecule has 3 aromatic rings. The Kier molecular flexibility index (Phi) is 8.31. The molecule has 2 amide bonds. The van der Waals surface area contributed by atoms with Gasteiger partial charge < -0.3 is 15.4 Å². The van der Waals surface area contributed by atoms with Gasteiger partial charge in [-0.1, -0.05) is 60.1 Å². The highest BCUT2D eigenvalue weighted by Gasteiger charge is 2.21. The quantitative estimate of drug-likeness (QED) is 0.266. The van der Waals surface area contributed by atoms with Gasteiger partial charge >= 0.3 is 5.97 Å². The Bertz CT molecular complexity index is 1190. The monoisotopic (exact) mass is 481 g/mol. The van der Waals surface area contributed by atoms with Crippen molar-refractivity contribution in [2.24, 2.45) is 0 Å². The molecule has 3 aromatic carbocycles. The van der Waals surface area contributed by atoms with Gasteiger partial charge in [0, 0.05) is 17.3 Å². The van der Waals surface area contributed by atoms with E-state index in [-0.39, 0.29) is 28.7 Å². The number of nitro groups is 1. The van der Waals surface area contributed by atoms with Gasteiger partial charge in [-0.15, -0.1) is 0 Å². The van der Waals surface area contributed by atoms with Gasteiger partial charge in [-0.3, -0.25) is 24.5 Å². The minimum absolute atomic E-state index is 0.0704. The molecular formula is C24H20ClN3O6. The van der Waals surface area contributed by atoms with Crippen LogP contribution in [0.2, 0.25) is 5.02 Å². The molecule has 9 nitrogen and oxygen atoms in total. The zero-order valence-electron chi connectivity index (χ0n) is 17.8. The number of amides is 2. The van der Waals surface area contributed by atoms with E-state index in [4.69, 9.17) is 16.3 Å². The van der Waals surface area contributed by atoms with Crippen LogP contribution in [0, 0.1) is 10.1 Å². The molecule has 174 valence electrons. The second kappa shape index (κ2) is 11.6. The van der Waals surface area contributed by atoms with Crippen molar-refractivity contribution in [2.45, 2.75) is 12.5 Å². The van der Waals surface area contributed by atoms with E-state index in [0.29, 0.717) is 11.1 Å². The van der Waals surface area contributed by atoms with Crippen molar-refractivity contribution in [1.82, 2.24) is 5.32 Å². The first-order chi connectivity index (χ1) is 16.3. The maximum absolute atomic E-state index is 12.6. The number of benzene rings is 3. The predicted octanol–water partition coefficient (Wildman–Crippen LogP) is 4.29. The average molecular weight is 482 g/mol. The van der Waals surface area contributed by atoms with Gasteiger partial charge in [0.1, 0.15) is 5.02 Å². The summed E-state index contributed by atoms with van der Waals surface area (Å²) in [7, 11) is 0. The minimum Gasteiger partial charge on any atom is -0.455 e. The van der Waals surface area contributed by atoms with Gasteiger partial charge in [0.25, 0.3) is 17.5 Å². The van der Waals surface area contributed by atoms with Crippen molar-refractivity contribution >= 4 is 40.8 Å². The van der Waals surface area contributed by atoms with Crippen LogP contribution < -0.4 is 10.6 Å². The lowest BCUT2D eigenvalue weighted by atomic mass is 10.0. The summed E-state index contributed by atoms with van der Waals surface area (Å²) >= 11 is 5.75. The highest BCUT2D eigenvalue weighted by molar-refractivity contribution is 6.32. The van der Waals surface area contributed by atoms with Gasteiger partial charge in [-0.05, 0) is 29.8 Å². The summed E-state index contributed by atoms with van der Waals surface area (Å²) in [5.41, 5.74) is 0.903. The lowest BCUT2D eigenvalue weighted by Crippen LogP contribution is -2.31. The number of carbonyl (C=O) groups excluding carboxylic acids is 3. The van der Waals surface area contributed by atoms with E-state index < -0.39 is 29.4 Å². The molecule has 0 aliphatic carbocycles. The smallest absolute Gasteiger partial charge is 0.308 e. The van der Waals surface area contributed by atoms with E-state index in [1.807, 2.05) is 6.07 Å². The minimum atomic E-state index is -0.709. The maximum atomic E-state index is 12.6. The first kappa shape index (κ1) is 24.4. The van der Waals surface area contributed by atoms with Crippen LogP contribution in [0.4, 0.5) is 11.4 Å². The summed E-state index contributed by atoms with van der Waals surface area (Å²) in [4.78, 5) is 47.5. The summed E-state index contributed by atoms with van der Waals surface area (Å²) in [6, 6.07) is 20.6. The molecule has 0 aliphatic rings. The molecule has 0 radical (unpaired) electrons. The Morgan fingerprint density at radius 1 is 0.971 bits per heavy atom. The Hall–Kier alpha value is -4.24. The number of halogens is 1. The van der Waals surface area contributed by atoms with E-state index in [9.17, 15) is 24.5 Å². The Balaban J connectivity index is 1.60. The molecule has 0 aromatic heterocycles. The van der Waals surface area contributed by atoms with E-state index in [2.05, 4.69) is 10.6 Å². The van der Waals surface area contributed by atoms with Crippen LogP contribution in [0.5, 0.6) is 0 Å². The van der Waals surface area contributed by atoms with Gasteiger partial charge in [-0.25, -0.2) is 0 Å². The molecule has 0 heterocycles.